The Kier molecular flexibility index (Phi) is 9.14. The number of rotatable bonds is 9. The number of amides is 2. The third kappa shape index (κ3) is 6.79. The van der Waals surface area contributed by atoms with Crippen LogP contribution in [0, 0.1) is 5.92 Å². The van der Waals surface area contributed by atoms with E-state index >= 15 is 0 Å². The van der Waals surface area contributed by atoms with Crippen LogP contribution in [0.4, 0.5) is 5.69 Å². The molecule has 3 aromatic carbocycles. The van der Waals surface area contributed by atoms with Crippen LogP contribution in [0.25, 0.3) is 0 Å². The van der Waals surface area contributed by atoms with Crippen molar-refractivity contribution in [3.8, 4) is 5.75 Å². The molecule has 1 aliphatic heterocycles. The fourth-order valence-corrected chi connectivity index (χ4v) is 4.66. The van der Waals surface area contributed by atoms with Gasteiger partial charge in [0.25, 0.3) is 5.91 Å². The van der Waals surface area contributed by atoms with Crippen LogP contribution in [0.2, 0.25) is 0 Å². The Morgan fingerprint density at radius 2 is 1.61 bits per heavy atom. The number of ether oxygens (including phenoxy) is 2. The number of nitrogens with zero attached hydrogens (tertiary/aromatic N) is 2. The molecule has 1 heterocycles. The Morgan fingerprint density at radius 1 is 0.895 bits per heavy atom. The quantitative estimate of drug-likeness (QED) is 0.380. The van der Waals surface area contributed by atoms with Gasteiger partial charge in [-0.05, 0) is 61.2 Å². The van der Waals surface area contributed by atoms with Crippen LogP contribution in [0.3, 0.4) is 0 Å². The molecule has 0 aliphatic carbocycles. The van der Waals surface area contributed by atoms with Gasteiger partial charge in [0.1, 0.15) is 5.75 Å². The topological polar surface area (TPSA) is 76.2 Å². The number of carbonyl (C=O) groups is 3. The summed E-state index contributed by atoms with van der Waals surface area (Å²) < 4.78 is 10.4. The van der Waals surface area contributed by atoms with E-state index in [2.05, 4.69) is 0 Å². The Labute approximate surface area is 224 Å². The van der Waals surface area contributed by atoms with E-state index in [1.165, 1.54) is 0 Å². The predicted molar refractivity (Wildman–Crippen MR) is 146 cm³/mol. The maximum atomic E-state index is 13.6. The molecule has 2 amide bonds. The normalized spacial score (nSPS) is 13.6. The molecule has 0 radical (unpaired) electrons. The summed E-state index contributed by atoms with van der Waals surface area (Å²) in [7, 11) is 1.58. The van der Waals surface area contributed by atoms with E-state index in [0.29, 0.717) is 50.4 Å². The van der Waals surface area contributed by atoms with E-state index in [-0.39, 0.29) is 30.1 Å². The van der Waals surface area contributed by atoms with Gasteiger partial charge in [0.15, 0.2) is 0 Å². The number of anilines is 1. The van der Waals surface area contributed by atoms with Crippen molar-refractivity contribution in [1.82, 2.24) is 4.90 Å². The van der Waals surface area contributed by atoms with Crippen LogP contribution in [-0.4, -0.2) is 49.5 Å². The molecule has 7 heteroatoms. The first-order valence-corrected chi connectivity index (χ1v) is 13.0. The average molecular weight is 515 g/mol. The Balaban J connectivity index is 1.45. The summed E-state index contributed by atoms with van der Waals surface area (Å²) in [6.45, 7) is 3.70. The molecule has 0 saturated carbocycles. The van der Waals surface area contributed by atoms with Gasteiger partial charge in [-0.2, -0.15) is 0 Å². The van der Waals surface area contributed by atoms with Crippen molar-refractivity contribution in [1.29, 1.82) is 0 Å². The summed E-state index contributed by atoms with van der Waals surface area (Å²) in [5, 5.41) is 0. The molecular weight excluding hydrogens is 480 g/mol. The molecule has 3 aromatic rings. The number of methoxy groups -OCH3 is 1. The van der Waals surface area contributed by atoms with Crippen molar-refractivity contribution < 1.29 is 23.9 Å². The fraction of sp³-hybridized carbons (Fsp3) is 0.323. The summed E-state index contributed by atoms with van der Waals surface area (Å²) >= 11 is 0. The highest BCUT2D eigenvalue weighted by Crippen LogP contribution is 2.24. The second-order valence-electron chi connectivity index (χ2n) is 9.36. The molecule has 1 fully saturated rings. The van der Waals surface area contributed by atoms with Crippen molar-refractivity contribution in [3.05, 3.63) is 95.6 Å². The molecule has 0 spiro atoms. The number of hydrogen-bond donors (Lipinski definition) is 0. The zero-order chi connectivity index (χ0) is 26.9. The zero-order valence-electron chi connectivity index (χ0n) is 22.0. The maximum absolute atomic E-state index is 13.6. The third-order valence-corrected chi connectivity index (χ3v) is 6.82. The van der Waals surface area contributed by atoms with Crippen molar-refractivity contribution in [2.75, 3.05) is 31.7 Å². The van der Waals surface area contributed by atoms with E-state index in [9.17, 15) is 14.4 Å². The lowest BCUT2D eigenvalue weighted by Gasteiger charge is -2.31. The van der Waals surface area contributed by atoms with Crippen molar-refractivity contribution in [2.45, 2.75) is 32.7 Å². The van der Waals surface area contributed by atoms with Gasteiger partial charge in [0.2, 0.25) is 5.91 Å². The molecule has 0 unspecified atom stereocenters. The van der Waals surface area contributed by atoms with Crippen molar-refractivity contribution in [3.63, 3.8) is 0 Å². The summed E-state index contributed by atoms with van der Waals surface area (Å²) in [5.74, 6) is 0.222. The van der Waals surface area contributed by atoms with Gasteiger partial charge < -0.3 is 19.3 Å². The molecule has 0 N–H and O–H groups in total. The van der Waals surface area contributed by atoms with E-state index < -0.39 is 0 Å². The number of piperidine rings is 1. The first-order valence-electron chi connectivity index (χ1n) is 13.0. The first-order chi connectivity index (χ1) is 18.5. The van der Waals surface area contributed by atoms with Crippen LogP contribution < -0.4 is 9.64 Å². The largest absolute Gasteiger partial charge is 0.497 e. The van der Waals surface area contributed by atoms with Gasteiger partial charge in [-0.3, -0.25) is 14.4 Å². The summed E-state index contributed by atoms with van der Waals surface area (Å²) in [4.78, 5) is 42.0. The molecule has 4 rings (SSSR count). The van der Waals surface area contributed by atoms with E-state index in [1.807, 2.05) is 65.6 Å². The maximum Gasteiger partial charge on any atom is 0.309 e. The van der Waals surface area contributed by atoms with Crippen molar-refractivity contribution in [2.24, 2.45) is 5.92 Å². The molecule has 198 valence electrons. The van der Waals surface area contributed by atoms with Gasteiger partial charge in [-0.1, -0.05) is 48.5 Å². The molecule has 0 aromatic heterocycles. The number of esters is 1. The second-order valence-corrected chi connectivity index (χ2v) is 9.36. The Bertz CT molecular complexity index is 1230. The standard InChI is InChI=1S/C31H34N2O5/c1-3-38-31(36)25-16-18-32(19-17-25)29(34)20-23-12-14-27(15-13-23)33(22-24-8-5-4-6-9-24)30(35)26-10-7-11-28(21-26)37-2/h4-15,21,25H,3,16-20,22H2,1-2H3. The zero-order valence-corrected chi connectivity index (χ0v) is 22.0. The van der Waals surface area contributed by atoms with Gasteiger partial charge >= 0.3 is 5.97 Å². The monoisotopic (exact) mass is 514 g/mol. The average Bonchev–Trinajstić information content (AvgIpc) is 2.97. The number of carbonyl (C=O) groups excluding carboxylic acids is 3. The van der Waals surface area contributed by atoms with Gasteiger partial charge in [0, 0.05) is 24.3 Å². The molecule has 1 saturated heterocycles. The highest BCUT2D eigenvalue weighted by atomic mass is 16.5. The minimum atomic E-state index is -0.168. The first kappa shape index (κ1) is 26.9. The predicted octanol–water partition coefficient (Wildman–Crippen LogP) is 4.89. The number of benzene rings is 3. The van der Waals surface area contributed by atoms with E-state index in [1.54, 1.807) is 37.1 Å². The van der Waals surface area contributed by atoms with Crippen molar-refractivity contribution >= 4 is 23.5 Å². The van der Waals surface area contributed by atoms with Gasteiger partial charge in [-0.25, -0.2) is 0 Å². The third-order valence-electron chi connectivity index (χ3n) is 6.82. The van der Waals surface area contributed by atoms with Crippen LogP contribution in [-0.2, 0) is 27.3 Å². The number of hydrogen-bond acceptors (Lipinski definition) is 5. The molecule has 0 bridgehead atoms. The van der Waals surface area contributed by atoms with Crippen LogP contribution in [0.5, 0.6) is 5.75 Å². The fourth-order valence-electron chi connectivity index (χ4n) is 4.66. The van der Waals surface area contributed by atoms with E-state index in [0.717, 1.165) is 16.8 Å². The summed E-state index contributed by atoms with van der Waals surface area (Å²) in [6, 6.07) is 24.5. The summed E-state index contributed by atoms with van der Waals surface area (Å²) in [6.07, 6.45) is 1.53. The molecule has 1 aliphatic rings. The molecular formula is C31H34N2O5. The Hall–Kier alpha value is -4.13. The van der Waals surface area contributed by atoms with Crippen LogP contribution >= 0.6 is 0 Å². The Morgan fingerprint density at radius 3 is 2.26 bits per heavy atom. The number of likely N-dealkylation sites (tertiary alicyclic amines) is 1. The minimum absolute atomic E-state index is 0.0358. The second kappa shape index (κ2) is 12.9. The minimum Gasteiger partial charge on any atom is -0.497 e. The molecule has 7 nitrogen and oxygen atoms in total. The lowest BCUT2D eigenvalue weighted by atomic mass is 9.96. The molecule has 0 atom stereocenters. The SMILES string of the molecule is CCOC(=O)C1CCN(C(=O)Cc2ccc(N(Cc3ccccc3)C(=O)c3cccc(OC)c3)cc2)CC1. The highest BCUT2D eigenvalue weighted by Gasteiger charge is 2.28. The van der Waals surface area contributed by atoms with E-state index in [4.69, 9.17) is 9.47 Å². The van der Waals surface area contributed by atoms with Crippen LogP contribution in [0.1, 0.15) is 41.3 Å². The highest BCUT2D eigenvalue weighted by molar-refractivity contribution is 6.06. The molecule has 38 heavy (non-hydrogen) atoms. The lowest BCUT2D eigenvalue weighted by molar-refractivity contribution is -0.151. The van der Waals surface area contributed by atoms with Crippen LogP contribution in [0.15, 0.2) is 78.9 Å². The lowest BCUT2D eigenvalue weighted by Crippen LogP contribution is -2.41. The van der Waals surface area contributed by atoms with Gasteiger partial charge in [0.05, 0.1) is 32.6 Å². The summed E-state index contributed by atoms with van der Waals surface area (Å²) in [5.41, 5.74) is 3.16. The smallest absolute Gasteiger partial charge is 0.309 e. The van der Waals surface area contributed by atoms with Gasteiger partial charge in [-0.15, -0.1) is 0 Å².